The molecule has 9 heteroatoms. The Bertz CT molecular complexity index is 972. The minimum Gasteiger partial charge on any atom is -0.469 e. The summed E-state index contributed by atoms with van der Waals surface area (Å²) in [5, 5.41) is 12.3. The van der Waals surface area contributed by atoms with Gasteiger partial charge in [0.15, 0.2) is 5.41 Å². The number of methoxy groups -OCH3 is 2. The number of fused-ring (bicyclic) bond motifs is 2. The van der Waals surface area contributed by atoms with E-state index in [9.17, 15) is 19.6 Å². The number of para-hydroxylation sites is 1. The van der Waals surface area contributed by atoms with E-state index in [-0.39, 0.29) is 22.8 Å². The normalized spacial score (nSPS) is 20.6. The second kappa shape index (κ2) is 6.49. The second-order valence-electron chi connectivity index (χ2n) is 5.75. The average Bonchev–Trinajstić information content (AvgIpc) is 2.94. The fourth-order valence-electron chi connectivity index (χ4n) is 3.34. The minimum atomic E-state index is -1.88. The lowest BCUT2D eigenvalue weighted by molar-refractivity contribution is -0.141. The molecule has 1 spiro atoms. The van der Waals surface area contributed by atoms with Crippen molar-refractivity contribution >= 4 is 23.5 Å². The van der Waals surface area contributed by atoms with Gasteiger partial charge in [-0.2, -0.15) is 5.26 Å². The number of ether oxygens (including phenoxy) is 3. The summed E-state index contributed by atoms with van der Waals surface area (Å²) in [5.41, 5.74) is 4.19. The fraction of sp³-hybridized carbons (Fsp3) is 0.222. The molecule has 0 aromatic heterocycles. The molecule has 3 rings (SSSR count). The highest BCUT2D eigenvalue weighted by atomic mass is 16.5. The highest BCUT2D eigenvalue weighted by molar-refractivity contribution is 6.17. The van der Waals surface area contributed by atoms with Crippen LogP contribution >= 0.6 is 0 Å². The van der Waals surface area contributed by atoms with Gasteiger partial charge in [0.1, 0.15) is 29.4 Å². The summed E-state index contributed by atoms with van der Waals surface area (Å²) in [7, 11) is 2.28. The molecule has 0 saturated carbocycles. The van der Waals surface area contributed by atoms with Gasteiger partial charge in [-0.05, 0) is 6.07 Å². The summed E-state index contributed by atoms with van der Waals surface area (Å²) in [4.78, 5) is 37.6. The van der Waals surface area contributed by atoms with Crippen LogP contribution in [0.25, 0.3) is 0 Å². The average molecular weight is 369 g/mol. The lowest BCUT2D eigenvalue weighted by Gasteiger charge is -2.34. The molecular formula is C18H15N3O6. The predicted molar refractivity (Wildman–Crippen MR) is 90.3 cm³/mol. The van der Waals surface area contributed by atoms with E-state index in [1.807, 2.05) is 6.07 Å². The fourth-order valence-corrected chi connectivity index (χ4v) is 3.34. The summed E-state index contributed by atoms with van der Waals surface area (Å²) >= 11 is 0. The van der Waals surface area contributed by atoms with Crippen LogP contribution in [0.5, 0.6) is 0 Å². The number of rotatable bonds is 3. The zero-order chi connectivity index (χ0) is 19.8. The number of nitrogens with two attached hydrogens (primary N) is 1. The van der Waals surface area contributed by atoms with Crippen LogP contribution in [0.1, 0.15) is 12.0 Å². The number of carbonyl (C=O) groups excluding carboxylic acids is 3. The summed E-state index contributed by atoms with van der Waals surface area (Å²) < 4.78 is 14.8. The summed E-state index contributed by atoms with van der Waals surface area (Å²) in [6, 6.07) is 8.41. The molecule has 138 valence electrons. The van der Waals surface area contributed by atoms with E-state index in [0.29, 0.717) is 11.3 Å². The lowest BCUT2D eigenvalue weighted by Crippen LogP contribution is -2.46. The zero-order valence-corrected chi connectivity index (χ0v) is 14.5. The Morgan fingerprint density at radius 3 is 2.63 bits per heavy atom. The van der Waals surface area contributed by atoms with E-state index in [1.54, 1.807) is 24.3 Å². The first kappa shape index (κ1) is 18.0. The van der Waals surface area contributed by atoms with E-state index in [0.717, 1.165) is 14.2 Å². The van der Waals surface area contributed by atoms with Crippen molar-refractivity contribution in [3.05, 3.63) is 52.6 Å². The van der Waals surface area contributed by atoms with Gasteiger partial charge < -0.3 is 25.3 Å². The highest BCUT2D eigenvalue weighted by Crippen LogP contribution is 2.52. The Morgan fingerprint density at radius 2 is 2.00 bits per heavy atom. The molecule has 3 N–H and O–H groups in total. The number of benzene rings is 1. The molecule has 1 amide bonds. The largest absolute Gasteiger partial charge is 0.469 e. The number of carbonyl (C=O) groups is 3. The van der Waals surface area contributed by atoms with E-state index in [4.69, 9.17) is 15.2 Å². The van der Waals surface area contributed by atoms with Gasteiger partial charge >= 0.3 is 11.9 Å². The highest BCUT2D eigenvalue weighted by Gasteiger charge is 2.60. The summed E-state index contributed by atoms with van der Waals surface area (Å²) in [6.07, 6.45) is -0.475. The molecule has 1 aromatic rings. The van der Waals surface area contributed by atoms with Crippen molar-refractivity contribution < 1.29 is 28.6 Å². The lowest BCUT2D eigenvalue weighted by atomic mass is 9.68. The van der Waals surface area contributed by atoms with E-state index in [2.05, 4.69) is 10.1 Å². The monoisotopic (exact) mass is 369 g/mol. The van der Waals surface area contributed by atoms with Crippen molar-refractivity contribution in [1.82, 2.24) is 0 Å². The van der Waals surface area contributed by atoms with Gasteiger partial charge in [0.2, 0.25) is 11.8 Å². The molecule has 1 unspecified atom stereocenters. The number of nitrogens with zero attached hydrogens (tertiary/aromatic N) is 1. The predicted octanol–water partition coefficient (Wildman–Crippen LogP) is 0.591. The van der Waals surface area contributed by atoms with Gasteiger partial charge in [-0.15, -0.1) is 0 Å². The van der Waals surface area contributed by atoms with Crippen molar-refractivity contribution in [3.63, 3.8) is 0 Å². The zero-order valence-electron chi connectivity index (χ0n) is 14.5. The molecular weight excluding hydrogens is 354 g/mol. The maximum Gasteiger partial charge on any atom is 0.339 e. The number of hydrogen-bond acceptors (Lipinski definition) is 8. The third-order valence-corrected chi connectivity index (χ3v) is 4.46. The molecule has 0 saturated heterocycles. The third-order valence-electron chi connectivity index (χ3n) is 4.46. The maximum atomic E-state index is 13.1. The molecule has 1 atom stereocenters. The minimum absolute atomic E-state index is 0.211. The summed E-state index contributed by atoms with van der Waals surface area (Å²) in [5.74, 6) is -2.91. The van der Waals surface area contributed by atoms with Gasteiger partial charge in [-0.1, -0.05) is 18.2 Å². The Kier molecular flexibility index (Phi) is 4.33. The van der Waals surface area contributed by atoms with Gasteiger partial charge in [-0.25, -0.2) is 4.79 Å². The SMILES string of the molecule is COC(=O)CC1=C(C(=O)OC)C2(C(=O)Nc3ccccc32)C(C#N)=C(N)O1. The molecule has 2 heterocycles. The molecule has 0 bridgehead atoms. The number of nitrogens with one attached hydrogen (secondary N) is 1. The number of anilines is 1. The van der Waals surface area contributed by atoms with Gasteiger partial charge in [-0.3, -0.25) is 9.59 Å². The molecule has 0 fully saturated rings. The van der Waals surface area contributed by atoms with Crippen LogP contribution in [0, 0.1) is 11.3 Å². The van der Waals surface area contributed by atoms with E-state index in [1.165, 1.54) is 0 Å². The third kappa shape index (κ3) is 2.42. The number of amides is 1. The molecule has 0 radical (unpaired) electrons. The summed E-state index contributed by atoms with van der Waals surface area (Å²) in [6.45, 7) is 0. The van der Waals surface area contributed by atoms with Gasteiger partial charge in [0.05, 0.1) is 14.2 Å². The topological polar surface area (TPSA) is 141 Å². The first-order chi connectivity index (χ1) is 12.9. The Balaban J connectivity index is 2.40. The van der Waals surface area contributed by atoms with Crippen molar-refractivity contribution in [2.75, 3.05) is 19.5 Å². The molecule has 2 aliphatic rings. The Labute approximate surface area is 154 Å². The number of nitriles is 1. The molecule has 27 heavy (non-hydrogen) atoms. The Hall–Kier alpha value is -3.80. The first-order valence-corrected chi connectivity index (χ1v) is 7.79. The van der Waals surface area contributed by atoms with E-state index < -0.39 is 29.7 Å². The smallest absolute Gasteiger partial charge is 0.339 e. The van der Waals surface area contributed by atoms with Crippen LogP contribution in [0.15, 0.2) is 47.1 Å². The number of esters is 2. The van der Waals surface area contributed by atoms with Crippen LogP contribution in [0.2, 0.25) is 0 Å². The Morgan fingerprint density at radius 1 is 1.30 bits per heavy atom. The van der Waals surface area contributed by atoms with Gasteiger partial charge in [0, 0.05) is 11.3 Å². The molecule has 0 aliphatic carbocycles. The van der Waals surface area contributed by atoms with Crippen LogP contribution in [-0.2, 0) is 34.0 Å². The van der Waals surface area contributed by atoms with Crippen LogP contribution in [0.4, 0.5) is 5.69 Å². The molecule has 2 aliphatic heterocycles. The molecule has 1 aromatic carbocycles. The number of hydrogen-bond donors (Lipinski definition) is 2. The van der Waals surface area contributed by atoms with Crippen LogP contribution in [0.3, 0.4) is 0 Å². The van der Waals surface area contributed by atoms with Crippen LogP contribution in [-0.4, -0.2) is 32.1 Å². The van der Waals surface area contributed by atoms with Gasteiger partial charge in [0.25, 0.3) is 0 Å². The van der Waals surface area contributed by atoms with Crippen molar-refractivity contribution in [1.29, 1.82) is 5.26 Å². The van der Waals surface area contributed by atoms with Crippen molar-refractivity contribution in [3.8, 4) is 6.07 Å². The van der Waals surface area contributed by atoms with Crippen molar-refractivity contribution in [2.24, 2.45) is 5.73 Å². The second-order valence-corrected chi connectivity index (χ2v) is 5.75. The maximum absolute atomic E-state index is 13.1. The van der Waals surface area contributed by atoms with Crippen LogP contribution < -0.4 is 11.1 Å². The molecule has 9 nitrogen and oxygen atoms in total. The van der Waals surface area contributed by atoms with E-state index >= 15 is 0 Å². The quantitative estimate of drug-likeness (QED) is 0.738. The standard InChI is InChI=1S/C18H15N3O6/c1-25-13(22)7-12-14(16(23)26-2)18(10(8-19)15(20)27-12)9-5-3-4-6-11(9)21-17(18)24/h3-6H,7,20H2,1-2H3,(H,21,24). The van der Waals surface area contributed by atoms with Crippen molar-refractivity contribution in [2.45, 2.75) is 11.8 Å². The first-order valence-electron chi connectivity index (χ1n) is 7.79.